The molecule has 0 spiro atoms. The molecule has 0 saturated heterocycles. The third-order valence-corrected chi connectivity index (χ3v) is 2.65. The van der Waals surface area contributed by atoms with Crippen molar-refractivity contribution >= 4 is 39.2 Å². The quantitative estimate of drug-likeness (QED) is 0.497. The topological polar surface area (TPSA) is 76.0 Å². The number of aromatic amines is 1. The minimum atomic E-state index is -0.682. The Hall–Kier alpha value is -1.44. The molecule has 2 rings (SSSR count). The lowest BCUT2D eigenvalue weighted by Crippen LogP contribution is -2.10. The minimum absolute atomic E-state index is 0.426. The molecule has 0 amide bonds. The number of nitro groups is 1. The molecule has 1 heterocycles. The zero-order valence-electron chi connectivity index (χ0n) is 7.36. The second kappa shape index (κ2) is 3.61. The lowest BCUT2D eigenvalue weighted by molar-refractivity contribution is -0.386. The van der Waals surface area contributed by atoms with Gasteiger partial charge in [0.15, 0.2) is 0 Å². The Morgan fingerprint density at radius 1 is 1.33 bits per heavy atom. The Balaban J connectivity index is 2.83. The Labute approximate surface area is 97.4 Å². The van der Waals surface area contributed by atoms with Gasteiger partial charge < -0.3 is 4.98 Å². The maximum Gasteiger partial charge on any atom is 0.334 e. The van der Waals surface area contributed by atoms with Crippen LogP contribution in [-0.2, 0) is 0 Å². The van der Waals surface area contributed by atoms with Crippen molar-refractivity contribution < 1.29 is 4.92 Å². The predicted octanol–water partition coefficient (Wildman–Crippen LogP) is 2.04. The molecule has 0 saturated carbocycles. The van der Waals surface area contributed by atoms with Crippen molar-refractivity contribution in [2.75, 3.05) is 0 Å². The zero-order valence-corrected chi connectivity index (χ0v) is 9.52. The fraction of sp³-hybridized carbons (Fsp3) is 0. The molecular formula is C9H5IN2O3. The summed E-state index contributed by atoms with van der Waals surface area (Å²) in [6.07, 6.45) is 0. The van der Waals surface area contributed by atoms with Gasteiger partial charge in [-0.2, -0.15) is 0 Å². The van der Waals surface area contributed by atoms with Crippen molar-refractivity contribution in [1.29, 1.82) is 0 Å². The van der Waals surface area contributed by atoms with E-state index in [-0.39, 0.29) is 0 Å². The predicted molar refractivity (Wildman–Crippen MR) is 63.9 cm³/mol. The SMILES string of the molecule is O=c1[nH]c2ccc(I)cc2cc1[N+](=O)[O-]. The number of pyridine rings is 1. The number of hydrogen-bond acceptors (Lipinski definition) is 3. The molecule has 0 radical (unpaired) electrons. The summed E-state index contributed by atoms with van der Waals surface area (Å²) in [5.74, 6) is 0. The van der Waals surface area contributed by atoms with Crippen LogP contribution in [0.4, 0.5) is 5.69 Å². The highest BCUT2D eigenvalue weighted by Crippen LogP contribution is 2.17. The van der Waals surface area contributed by atoms with E-state index >= 15 is 0 Å². The van der Waals surface area contributed by atoms with Gasteiger partial charge >= 0.3 is 11.2 Å². The molecule has 6 heteroatoms. The molecule has 0 unspecified atom stereocenters. The van der Waals surface area contributed by atoms with E-state index in [9.17, 15) is 14.9 Å². The summed E-state index contributed by atoms with van der Waals surface area (Å²) in [7, 11) is 0. The van der Waals surface area contributed by atoms with Gasteiger partial charge in [-0.25, -0.2) is 0 Å². The first-order valence-corrected chi connectivity index (χ1v) is 5.13. The molecule has 0 aliphatic carbocycles. The average Bonchev–Trinajstić information content (AvgIpc) is 2.17. The van der Waals surface area contributed by atoms with Crippen molar-refractivity contribution in [2.45, 2.75) is 0 Å². The van der Waals surface area contributed by atoms with E-state index < -0.39 is 16.2 Å². The summed E-state index contributed by atoms with van der Waals surface area (Å²) in [5, 5.41) is 11.2. The normalized spacial score (nSPS) is 10.5. The second-order valence-electron chi connectivity index (χ2n) is 2.97. The number of hydrogen-bond donors (Lipinski definition) is 1. The molecule has 1 aromatic carbocycles. The fourth-order valence-corrected chi connectivity index (χ4v) is 1.82. The molecule has 0 aliphatic heterocycles. The highest BCUT2D eigenvalue weighted by Gasteiger charge is 2.12. The Bertz CT molecular complexity index is 606. The lowest BCUT2D eigenvalue weighted by Gasteiger charge is -1.98. The molecule has 15 heavy (non-hydrogen) atoms. The van der Waals surface area contributed by atoms with Gasteiger partial charge in [0.2, 0.25) is 0 Å². The summed E-state index contributed by atoms with van der Waals surface area (Å²) in [4.78, 5) is 23.6. The van der Waals surface area contributed by atoms with Crippen molar-refractivity contribution in [3.63, 3.8) is 0 Å². The molecule has 0 atom stereocenters. The van der Waals surface area contributed by atoms with Crippen LogP contribution in [-0.4, -0.2) is 9.91 Å². The molecule has 0 bridgehead atoms. The van der Waals surface area contributed by atoms with Gasteiger partial charge in [-0.1, -0.05) is 0 Å². The summed E-state index contributed by atoms with van der Waals surface area (Å²) in [5.41, 5.74) is -0.496. The number of nitrogens with zero attached hydrogens (tertiary/aromatic N) is 1. The smallest absolute Gasteiger partial charge is 0.316 e. The van der Waals surface area contributed by atoms with Gasteiger partial charge in [0.05, 0.1) is 4.92 Å². The first-order valence-electron chi connectivity index (χ1n) is 4.05. The van der Waals surface area contributed by atoms with Crippen molar-refractivity contribution in [3.8, 4) is 0 Å². The molecule has 5 nitrogen and oxygen atoms in total. The third kappa shape index (κ3) is 1.84. The van der Waals surface area contributed by atoms with Crippen LogP contribution in [0.25, 0.3) is 10.9 Å². The Kier molecular flexibility index (Phi) is 2.43. The molecule has 0 fully saturated rings. The van der Waals surface area contributed by atoms with Gasteiger partial charge in [-0.3, -0.25) is 14.9 Å². The summed E-state index contributed by atoms with van der Waals surface area (Å²) >= 11 is 2.10. The van der Waals surface area contributed by atoms with Crippen LogP contribution in [0.2, 0.25) is 0 Å². The van der Waals surface area contributed by atoms with Crippen molar-refractivity contribution in [3.05, 3.63) is 48.3 Å². The van der Waals surface area contributed by atoms with E-state index in [1.54, 1.807) is 12.1 Å². The number of halogens is 1. The van der Waals surface area contributed by atoms with Crippen LogP contribution in [0.1, 0.15) is 0 Å². The highest BCUT2D eigenvalue weighted by molar-refractivity contribution is 14.1. The standard InChI is InChI=1S/C9H5IN2O3/c10-6-1-2-7-5(3-6)4-8(12(14)15)9(13)11-7/h1-4H,(H,11,13). The molecule has 1 aromatic heterocycles. The van der Waals surface area contributed by atoms with Crippen LogP contribution in [0.5, 0.6) is 0 Å². The third-order valence-electron chi connectivity index (χ3n) is 1.98. The number of fused-ring (bicyclic) bond motifs is 1. The zero-order chi connectivity index (χ0) is 11.0. The van der Waals surface area contributed by atoms with E-state index in [4.69, 9.17) is 0 Å². The van der Waals surface area contributed by atoms with Gasteiger partial charge in [-0.15, -0.1) is 0 Å². The average molecular weight is 316 g/mol. The molecule has 2 aromatic rings. The number of H-pyrrole nitrogens is 1. The van der Waals surface area contributed by atoms with Crippen LogP contribution < -0.4 is 5.56 Å². The molecule has 0 aliphatic rings. The van der Waals surface area contributed by atoms with Crippen molar-refractivity contribution in [1.82, 2.24) is 4.98 Å². The van der Waals surface area contributed by atoms with E-state index in [1.165, 1.54) is 6.07 Å². The monoisotopic (exact) mass is 316 g/mol. The number of aromatic nitrogens is 1. The number of rotatable bonds is 1. The number of benzene rings is 1. The Morgan fingerprint density at radius 2 is 2.07 bits per heavy atom. The summed E-state index contributed by atoms with van der Waals surface area (Å²) in [6, 6.07) is 6.61. The van der Waals surface area contributed by atoms with E-state index in [1.807, 2.05) is 6.07 Å². The fourth-order valence-electron chi connectivity index (χ4n) is 1.30. The summed E-state index contributed by atoms with van der Waals surface area (Å²) < 4.78 is 0.960. The Morgan fingerprint density at radius 3 is 2.73 bits per heavy atom. The maximum absolute atomic E-state index is 11.3. The van der Waals surface area contributed by atoms with Gasteiger partial charge in [0.25, 0.3) is 0 Å². The first kappa shape index (κ1) is 10.1. The second-order valence-corrected chi connectivity index (χ2v) is 4.22. The van der Waals surface area contributed by atoms with Gasteiger partial charge in [0.1, 0.15) is 0 Å². The van der Waals surface area contributed by atoms with Gasteiger partial charge in [0, 0.05) is 20.5 Å². The molecular weight excluding hydrogens is 311 g/mol. The van der Waals surface area contributed by atoms with E-state index in [0.29, 0.717) is 10.9 Å². The number of nitrogens with one attached hydrogen (secondary N) is 1. The van der Waals surface area contributed by atoms with Crippen LogP contribution in [0.3, 0.4) is 0 Å². The minimum Gasteiger partial charge on any atom is -0.316 e. The van der Waals surface area contributed by atoms with E-state index in [0.717, 1.165) is 3.57 Å². The highest BCUT2D eigenvalue weighted by atomic mass is 127. The van der Waals surface area contributed by atoms with Crippen LogP contribution in [0.15, 0.2) is 29.1 Å². The molecule has 76 valence electrons. The van der Waals surface area contributed by atoms with Crippen molar-refractivity contribution in [2.24, 2.45) is 0 Å². The van der Waals surface area contributed by atoms with Gasteiger partial charge in [-0.05, 0) is 40.8 Å². The maximum atomic E-state index is 11.3. The lowest BCUT2D eigenvalue weighted by atomic mass is 10.2. The first-order chi connectivity index (χ1) is 7.08. The molecule has 1 N–H and O–H groups in total. The van der Waals surface area contributed by atoms with Crippen LogP contribution >= 0.6 is 22.6 Å². The van der Waals surface area contributed by atoms with Crippen LogP contribution in [0, 0.1) is 13.7 Å². The largest absolute Gasteiger partial charge is 0.334 e. The van der Waals surface area contributed by atoms with E-state index in [2.05, 4.69) is 27.6 Å². The summed E-state index contributed by atoms with van der Waals surface area (Å²) in [6.45, 7) is 0.